The minimum absolute atomic E-state index is 0.0612. The summed E-state index contributed by atoms with van der Waals surface area (Å²) in [7, 11) is 0. The van der Waals surface area contributed by atoms with Gasteiger partial charge in [-0.3, -0.25) is 9.59 Å². The summed E-state index contributed by atoms with van der Waals surface area (Å²) in [6.45, 7) is 14.1. The lowest BCUT2D eigenvalue weighted by molar-refractivity contribution is 0.0598. The molecule has 1 N–H and O–H groups in total. The number of nitrogens with zero attached hydrogens (tertiary/aromatic N) is 4. The lowest BCUT2D eigenvalue weighted by atomic mass is 10.0. The molecule has 2 fully saturated rings. The SMILES string of the molecule is CCN(C(=O)c1ccc(N2CCN(c3ccccc3C)CC2)c(NC(=O)c2coc(C3CC3)n2)c1)C(C)(C)C. The molecule has 0 atom stereocenters. The van der Waals surface area contributed by atoms with E-state index >= 15 is 0 Å². The summed E-state index contributed by atoms with van der Waals surface area (Å²) in [6.07, 6.45) is 3.52. The number of piperazine rings is 1. The van der Waals surface area contributed by atoms with Gasteiger partial charge in [0.05, 0.1) is 11.4 Å². The zero-order chi connectivity index (χ0) is 27.7. The maximum atomic E-state index is 13.5. The standard InChI is InChI=1S/C31H39N5O3/c1-6-36(31(3,4)5)30(38)23-13-14-27(35-17-15-34(16-18-35)26-10-8-7-9-21(26)2)24(19-23)32-28(37)25-20-39-29(33-25)22-11-12-22/h7-10,13-14,19-20,22H,6,11-12,15-18H2,1-5H3,(H,32,37). The van der Waals surface area contributed by atoms with Gasteiger partial charge in [0.2, 0.25) is 0 Å². The van der Waals surface area contributed by atoms with Crippen molar-refractivity contribution in [1.29, 1.82) is 0 Å². The number of hydrogen-bond acceptors (Lipinski definition) is 6. The lowest BCUT2D eigenvalue weighted by Crippen LogP contribution is -2.47. The summed E-state index contributed by atoms with van der Waals surface area (Å²) < 4.78 is 5.55. The average Bonchev–Trinajstić information content (AvgIpc) is 3.64. The highest BCUT2D eigenvalue weighted by Gasteiger charge is 2.30. The normalized spacial score (nSPS) is 15.8. The number of hydrogen-bond donors (Lipinski definition) is 1. The molecule has 8 heteroatoms. The largest absolute Gasteiger partial charge is 0.448 e. The molecule has 2 heterocycles. The zero-order valence-corrected chi connectivity index (χ0v) is 23.7. The molecule has 1 aliphatic carbocycles. The minimum Gasteiger partial charge on any atom is -0.448 e. The first-order valence-corrected chi connectivity index (χ1v) is 13.9. The molecule has 2 aromatic carbocycles. The van der Waals surface area contributed by atoms with Gasteiger partial charge in [0, 0.05) is 55.4 Å². The van der Waals surface area contributed by atoms with Crippen molar-refractivity contribution in [2.24, 2.45) is 0 Å². The molecule has 39 heavy (non-hydrogen) atoms. The molecule has 3 aromatic rings. The van der Waals surface area contributed by atoms with Crippen LogP contribution in [0.15, 0.2) is 53.1 Å². The number of para-hydroxylation sites is 1. The van der Waals surface area contributed by atoms with Crippen molar-refractivity contribution in [3.63, 3.8) is 0 Å². The summed E-state index contributed by atoms with van der Waals surface area (Å²) in [5.74, 6) is 0.553. The van der Waals surface area contributed by atoms with Crippen LogP contribution in [0.1, 0.15) is 78.8 Å². The van der Waals surface area contributed by atoms with Crippen LogP contribution in [0.5, 0.6) is 0 Å². The number of aromatic nitrogens is 1. The van der Waals surface area contributed by atoms with Crippen molar-refractivity contribution in [3.05, 3.63) is 71.4 Å². The number of carbonyl (C=O) groups excluding carboxylic acids is 2. The number of carbonyl (C=O) groups is 2. The molecular weight excluding hydrogens is 490 g/mol. The summed E-state index contributed by atoms with van der Waals surface area (Å²) in [5, 5.41) is 3.05. The van der Waals surface area contributed by atoms with E-state index in [0.29, 0.717) is 29.6 Å². The van der Waals surface area contributed by atoms with Gasteiger partial charge in [0.15, 0.2) is 11.6 Å². The van der Waals surface area contributed by atoms with Crippen LogP contribution in [0, 0.1) is 6.92 Å². The molecule has 1 saturated heterocycles. The first kappa shape index (κ1) is 26.8. The summed E-state index contributed by atoms with van der Waals surface area (Å²) in [4.78, 5) is 37.7. The number of rotatable bonds is 7. The quantitative estimate of drug-likeness (QED) is 0.423. The second-order valence-electron chi connectivity index (χ2n) is 11.5. The molecule has 0 unspecified atom stereocenters. The predicted octanol–water partition coefficient (Wildman–Crippen LogP) is 5.70. The molecule has 0 radical (unpaired) electrons. The van der Waals surface area contributed by atoms with Gasteiger partial charge in [-0.15, -0.1) is 0 Å². The third-order valence-corrected chi connectivity index (χ3v) is 7.62. The molecule has 2 amide bonds. The van der Waals surface area contributed by atoms with Crippen molar-refractivity contribution >= 4 is 28.9 Å². The third kappa shape index (κ3) is 5.79. The Morgan fingerprint density at radius 3 is 2.31 bits per heavy atom. The average molecular weight is 530 g/mol. The second-order valence-corrected chi connectivity index (χ2v) is 11.5. The van der Waals surface area contributed by atoms with Gasteiger partial charge in [0.1, 0.15) is 6.26 Å². The minimum atomic E-state index is -0.335. The number of nitrogens with one attached hydrogen (secondary N) is 1. The summed E-state index contributed by atoms with van der Waals surface area (Å²) >= 11 is 0. The fraction of sp³-hybridized carbons (Fsp3) is 0.452. The van der Waals surface area contributed by atoms with Crippen LogP contribution < -0.4 is 15.1 Å². The Morgan fingerprint density at radius 2 is 1.69 bits per heavy atom. The van der Waals surface area contributed by atoms with Crippen molar-refractivity contribution < 1.29 is 14.0 Å². The lowest BCUT2D eigenvalue weighted by Gasteiger charge is -2.39. The van der Waals surface area contributed by atoms with Crippen LogP contribution in [0.2, 0.25) is 0 Å². The third-order valence-electron chi connectivity index (χ3n) is 7.62. The Balaban J connectivity index is 1.41. The highest BCUT2D eigenvalue weighted by Crippen LogP contribution is 2.39. The van der Waals surface area contributed by atoms with Gasteiger partial charge in [0.25, 0.3) is 11.8 Å². The Bertz CT molecular complexity index is 1350. The van der Waals surface area contributed by atoms with Crippen LogP contribution in [-0.4, -0.2) is 60.0 Å². The molecule has 0 spiro atoms. The van der Waals surface area contributed by atoms with E-state index in [1.165, 1.54) is 17.5 Å². The van der Waals surface area contributed by atoms with Gasteiger partial charge >= 0.3 is 0 Å². The Labute approximate surface area is 231 Å². The van der Waals surface area contributed by atoms with Crippen LogP contribution in [0.4, 0.5) is 17.1 Å². The van der Waals surface area contributed by atoms with Gasteiger partial charge in [-0.1, -0.05) is 18.2 Å². The molecule has 1 saturated carbocycles. The van der Waals surface area contributed by atoms with Gasteiger partial charge in [-0.05, 0) is 77.3 Å². The Hall–Kier alpha value is -3.81. The van der Waals surface area contributed by atoms with Crippen molar-refractivity contribution in [2.75, 3.05) is 47.8 Å². The molecule has 5 rings (SSSR count). The maximum Gasteiger partial charge on any atom is 0.277 e. The van der Waals surface area contributed by atoms with Crippen molar-refractivity contribution in [3.8, 4) is 0 Å². The number of amides is 2. The molecule has 8 nitrogen and oxygen atoms in total. The molecule has 0 bridgehead atoms. The fourth-order valence-electron chi connectivity index (χ4n) is 5.33. The van der Waals surface area contributed by atoms with E-state index in [4.69, 9.17) is 4.42 Å². The fourth-order valence-corrected chi connectivity index (χ4v) is 5.33. The highest BCUT2D eigenvalue weighted by molar-refractivity contribution is 6.06. The molecule has 2 aliphatic rings. The number of benzene rings is 2. The van der Waals surface area contributed by atoms with Crippen molar-refractivity contribution in [2.45, 2.75) is 58.9 Å². The van der Waals surface area contributed by atoms with Crippen LogP contribution in [0.25, 0.3) is 0 Å². The van der Waals surface area contributed by atoms with Gasteiger partial charge in [-0.25, -0.2) is 4.98 Å². The van der Waals surface area contributed by atoms with E-state index in [0.717, 1.165) is 44.7 Å². The monoisotopic (exact) mass is 529 g/mol. The highest BCUT2D eigenvalue weighted by atomic mass is 16.3. The maximum absolute atomic E-state index is 13.5. The van der Waals surface area contributed by atoms with E-state index in [9.17, 15) is 9.59 Å². The summed E-state index contributed by atoms with van der Waals surface area (Å²) in [6, 6.07) is 14.1. The van der Waals surface area contributed by atoms with E-state index in [1.54, 1.807) is 6.07 Å². The first-order valence-electron chi connectivity index (χ1n) is 13.9. The number of aryl methyl sites for hydroxylation is 1. The molecule has 1 aromatic heterocycles. The summed E-state index contributed by atoms with van der Waals surface area (Å²) in [5.41, 5.74) is 4.51. The second kappa shape index (κ2) is 10.8. The van der Waals surface area contributed by atoms with Gasteiger partial charge in [-0.2, -0.15) is 0 Å². The smallest absolute Gasteiger partial charge is 0.277 e. The first-order chi connectivity index (χ1) is 18.7. The van der Waals surface area contributed by atoms with E-state index in [1.807, 2.05) is 44.7 Å². The Morgan fingerprint density at radius 1 is 1.03 bits per heavy atom. The molecule has 1 aliphatic heterocycles. The molecular formula is C31H39N5O3. The Kier molecular flexibility index (Phi) is 7.38. The van der Waals surface area contributed by atoms with Crippen LogP contribution in [0.3, 0.4) is 0 Å². The van der Waals surface area contributed by atoms with E-state index < -0.39 is 0 Å². The molecule has 206 valence electrons. The topological polar surface area (TPSA) is 81.9 Å². The van der Waals surface area contributed by atoms with E-state index in [2.05, 4.69) is 51.3 Å². The zero-order valence-electron chi connectivity index (χ0n) is 23.7. The predicted molar refractivity (Wildman–Crippen MR) is 155 cm³/mol. The van der Waals surface area contributed by atoms with E-state index in [-0.39, 0.29) is 23.0 Å². The number of oxazole rings is 1. The van der Waals surface area contributed by atoms with Gasteiger partial charge < -0.3 is 24.4 Å². The van der Waals surface area contributed by atoms with Crippen molar-refractivity contribution in [1.82, 2.24) is 9.88 Å². The number of anilines is 3. The van der Waals surface area contributed by atoms with Crippen LogP contribution in [-0.2, 0) is 0 Å². The van der Waals surface area contributed by atoms with Crippen LogP contribution >= 0.6 is 0 Å².